The van der Waals surface area contributed by atoms with Gasteiger partial charge in [0.25, 0.3) is 0 Å². The maximum atomic E-state index is 8.69. The second kappa shape index (κ2) is 5.11. The second-order valence-electron chi connectivity index (χ2n) is 4.49. The zero-order chi connectivity index (χ0) is 12.3. The molecule has 2 rings (SSSR count). The number of aromatic nitrogens is 2. The van der Waals surface area contributed by atoms with Gasteiger partial charge in [0.1, 0.15) is 11.9 Å². The fourth-order valence-corrected chi connectivity index (χ4v) is 2.42. The first-order chi connectivity index (χ1) is 8.26. The summed E-state index contributed by atoms with van der Waals surface area (Å²) in [6.07, 6.45) is 5.54. The van der Waals surface area contributed by atoms with Crippen molar-refractivity contribution in [3.05, 3.63) is 18.1 Å². The van der Waals surface area contributed by atoms with Crippen molar-refractivity contribution in [2.75, 3.05) is 18.0 Å². The van der Waals surface area contributed by atoms with Crippen molar-refractivity contribution < 1.29 is 0 Å². The Kier molecular flexibility index (Phi) is 3.55. The van der Waals surface area contributed by atoms with E-state index in [1.165, 1.54) is 12.6 Å². The molecule has 0 spiro atoms. The Morgan fingerprint density at radius 3 is 2.94 bits per heavy atom. The van der Waals surface area contributed by atoms with Gasteiger partial charge in [-0.2, -0.15) is 5.26 Å². The Morgan fingerprint density at radius 2 is 2.35 bits per heavy atom. The third-order valence-corrected chi connectivity index (χ3v) is 3.40. The highest BCUT2D eigenvalue weighted by Crippen LogP contribution is 2.26. The van der Waals surface area contributed by atoms with Gasteiger partial charge in [-0.25, -0.2) is 9.97 Å². The molecule has 1 aliphatic rings. The van der Waals surface area contributed by atoms with Gasteiger partial charge in [0.05, 0.1) is 12.4 Å². The Balaban J connectivity index is 2.21. The van der Waals surface area contributed by atoms with Crippen LogP contribution in [0.2, 0.25) is 0 Å². The van der Waals surface area contributed by atoms with Gasteiger partial charge in [-0.15, -0.1) is 0 Å². The Morgan fingerprint density at radius 1 is 1.53 bits per heavy atom. The highest BCUT2D eigenvalue weighted by molar-refractivity contribution is 5.39. The lowest BCUT2D eigenvalue weighted by Crippen LogP contribution is -2.49. The van der Waals surface area contributed by atoms with Crippen molar-refractivity contribution in [3.63, 3.8) is 0 Å². The average molecular weight is 231 g/mol. The number of hydrogen-bond donors (Lipinski definition) is 1. The van der Waals surface area contributed by atoms with Gasteiger partial charge in [-0.1, -0.05) is 6.92 Å². The van der Waals surface area contributed by atoms with E-state index >= 15 is 0 Å². The minimum Gasteiger partial charge on any atom is -0.351 e. The summed E-state index contributed by atoms with van der Waals surface area (Å²) >= 11 is 0. The normalized spacial score (nSPS) is 24.4. The third-order valence-electron chi connectivity index (χ3n) is 3.40. The molecule has 1 fully saturated rings. The minimum absolute atomic E-state index is 0.325. The van der Waals surface area contributed by atoms with Gasteiger partial charge >= 0.3 is 0 Å². The Hall–Kier alpha value is -1.67. The molecule has 5 heteroatoms. The number of rotatable bonds is 2. The number of hydrogen-bond acceptors (Lipinski definition) is 5. The summed E-state index contributed by atoms with van der Waals surface area (Å²) < 4.78 is 0. The summed E-state index contributed by atoms with van der Waals surface area (Å²) in [7, 11) is 0. The van der Waals surface area contributed by atoms with Crippen LogP contribution in [0.25, 0.3) is 0 Å². The molecule has 1 aromatic heterocycles. The van der Waals surface area contributed by atoms with E-state index in [4.69, 9.17) is 11.0 Å². The molecular weight excluding hydrogens is 214 g/mol. The van der Waals surface area contributed by atoms with Crippen LogP contribution in [-0.2, 0) is 0 Å². The van der Waals surface area contributed by atoms with Gasteiger partial charge in [-0.05, 0) is 18.8 Å². The number of nitrogens with two attached hydrogens (primary N) is 1. The molecule has 90 valence electrons. The molecule has 0 saturated carbocycles. The Labute approximate surface area is 101 Å². The van der Waals surface area contributed by atoms with E-state index in [9.17, 15) is 0 Å². The molecule has 1 saturated heterocycles. The standard InChI is InChI=1S/C12H17N5/c1-9-3-2-4-17(11(9)6-14)12-8-15-10(5-13)7-16-12/h7-9,11H,2-4,6,14H2,1H3. The third kappa shape index (κ3) is 2.37. The summed E-state index contributed by atoms with van der Waals surface area (Å²) in [5.74, 6) is 1.40. The number of piperidine rings is 1. The minimum atomic E-state index is 0.325. The van der Waals surface area contributed by atoms with Crippen molar-refractivity contribution in [3.8, 4) is 6.07 Å². The first kappa shape index (κ1) is 11.8. The van der Waals surface area contributed by atoms with E-state index in [2.05, 4.69) is 21.8 Å². The molecule has 0 amide bonds. The van der Waals surface area contributed by atoms with Crippen LogP contribution in [0, 0.1) is 17.2 Å². The molecule has 5 nitrogen and oxygen atoms in total. The maximum Gasteiger partial charge on any atom is 0.158 e. The smallest absolute Gasteiger partial charge is 0.158 e. The van der Waals surface area contributed by atoms with Crippen LogP contribution in [-0.4, -0.2) is 29.1 Å². The molecule has 0 aliphatic carbocycles. The maximum absolute atomic E-state index is 8.69. The number of anilines is 1. The van der Waals surface area contributed by atoms with E-state index in [0.29, 0.717) is 24.2 Å². The van der Waals surface area contributed by atoms with Crippen molar-refractivity contribution >= 4 is 5.82 Å². The quantitative estimate of drug-likeness (QED) is 0.818. The molecule has 2 atom stereocenters. The fraction of sp³-hybridized carbons (Fsp3) is 0.583. The highest BCUT2D eigenvalue weighted by Gasteiger charge is 2.28. The summed E-state index contributed by atoms with van der Waals surface area (Å²) in [5.41, 5.74) is 6.19. The van der Waals surface area contributed by atoms with E-state index in [-0.39, 0.29) is 0 Å². The van der Waals surface area contributed by atoms with Crippen LogP contribution in [0.3, 0.4) is 0 Å². The van der Waals surface area contributed by atoms with Crippen LogP contribution >= 0.6 is 0 Å². The number of nitrogens with zero attached hydrogens (tertiary/aromatic N) is 4. The van der Waals surface area contributed by atoms with Crippen LogP contribution in [0.15, 0.2) is 12.4 Å². The summed E-state index contributed by atoms with van der Waals surface area (Å²) in [6, 6.07) is 2.30. The van der Waals surface area contributed by atoms with Crippen LogP contribution in [0.4, 0.5) is 5.82 Å². The van der Waals surface area contributed by atoms with Crippen molar-refractivity contribution in [1.82, 2.24) is 9.97 Å². The van der Waals surface area contributed by atoms with Gasteiger partial charge in [-0.3, -0.25) is 0 Å². The Bertz CT molecular complexity index is 408. The lowest BCUT2D eigenvalue weighted by Gasteiger charge is -2.40. The van der Waals surface area contributed by atoms with Crippen molar-refractivity contribution in [2.45, 2.75) is 25.8 Å². The van der Waals surface area contributed by atoms with Gasteiger partial charge in [0.15, 0.2) is 5.69 Å². The molecule has 0 bridgehead atoms. The lowest BCUT2D eigenvalue weighted by atomic mass is 9.91. The molecule has 2 N–H and O–H groups in total. The number of nitriles is 1. The first-order valence-corrected chi connectivity index (χ1v) is 5.95. The molecule has 0 aromatic carbocycles. The SMILES string of the molecule is CC1CCCN(c2cnc(C#N)cn2)C1CN. The van der Waals surface area contributed by atoms with E-state index in [1.807, 2.05) is 6.07 Å². The van der Waals surface area contributed by atoms with Crippen LogP contribution in [0.1, 0.15) is 25.5 Å². The molecular formula is C12H17N5. The molecule has 2 heterocycles. The average Bonchev–Trinajstić information content (AvgIpc) is 2.38. The van der Waals surface area contributed by atoms with E-state index in [0.717, 1.165) is 18.8 Å². The predicted octanol–water partition coefficient (Wildman–Crippen LogP) is 0.912. The monoisotopic (exact) mass is 231 g/mol. The van der Waals surface area contributed by atoms with Crippen LogP contribution < -0.4 is 10.6 Å². The zero-order valence-corrected chi connectivity index (χ0v) is 10.0. The lowest BCUT2D eigenvalue weighted by molar-refractivity contribution is 0.347. The molecule has 0 radical (unpaired) electrons. The molecule has 1 aromatic rings. The molecule has 1 aliphatic heterocycles. The van der Waals surface area contributed by atoms with E-state index < -0.39 is 0 Å². The molecule has 2 unspecified atom stereocenters. The van der Waals surface area contributed by atoms with Gasteiger partial charge in [0.2, 0.25) is 0 Å². The van der Waals surface area contributed by atoms with E-state index in [1.54, 1.807) is 6.20 Å². The molecule has 17 heavy (non-hydrogen) atoms. The van der Waals surface area contributed by atoms with Gasteiger partial charge in [0, 0.05) is 19.1 Å². The van der Waals surface area contributed by atoms with Gasteiger partial charge < -0.3 is 10.6 Å². The topological polar surface area (TPSA) is 78.8 Å². The summed E-state index contributed by atoms with van der Waals surface area (Å²) in [5, 5.41) is 8.69. The largest absolute Gasteiger partial charge is 0.351 e. The fourth-order valence-electron chi connectivity index (χ4n) is 2.42. The van der Waals surface area contributed by atoms with Crippen molar-refractivity contribution in [1.29, 1.82) is 5.26 Å². The second-order valence-corrected chi connectivity index (χ2v) is 4.49. The predicted molar refractivity (Wildman–Crippen MR) is 65.3 cm³/mol. The van der Waals surface area contributed by atoms with Crippen molar-refractivity contribution in [2.24, 2.45) is 11.7 Å². The highest BCUT2D eigenvalue weighted by atomic mass is 15.2. The van der Waals surface area contributed by atoms with Crippen LogP contribution in [0.5, 0.6) is 0 Å². The summed E-state index contributed by atoms with van der Waals surface area (Å²) in [6.45, 7) is 3.82. The summed E-state index contributed by atoms with van der Waals surface area (Å²) in [4.78, 5) is 10.6. The zero-order valence-electron chi connectivity index (χ0n) is 10.0. The first-order valence-electron chi connectivity index (χ1n) is 5.95.